The van der Waals surface area contributed by atoms with Crippen LogP contribution in [0.15, 0.2) is 30.5 Å². The molecule has 1 saturated carbocycles. The summed E-state index contributed by atoms with van der Waals surface area (Å²) in [5.74, 6) is 0.546. The molecule has 2 aliphatic rings. The minimum atomic E-state index is -0.0163. The lowest BCUT2D eigenvalue weighted by atomic mass is 9.87. The fraction of sp³-hybridized carbons (Fsp3) is 0.560. The highest BCUT2D eigenvalue weighted by Gasteiger charge is 2.30. The maximum absolute atomic E-state index is 13.0. The minimum Gasteiger partial charge on any atom is -0.349 e. The van der Waals surface area contributed by atoms with Crippen molar-refractivity contribution in [2.75, 3.05) is 13.1 Å². The van der Waals surface area contributed by atoms with Crippen LogP contribution in [0.25, 0.3) is 0 Å². The summed E-state index contributed by atoms with van der Waals surface area (Å²) >= 11 is 0. The molecule has 0 spiro atoms. The fourth-order valence-corrected chi connectivity index (χ4v) is 5.04. The molecule has 1 N–H and O–H groups in total. The van der Waals surface area contributed by atoms with Crippen molar-refractivity contribution in [1.29, 1.82) is 0 Å². The molecule has 0 bridgehead atoms. The molecule has 6 heteroatoms. The standard InChI is InChI=1S/C25H34N4O2/c1-18-16-23(19(2)29(18)17-22-10-6-7-13-26-22)24(30)27-21-11-14-28(15-12-21)25(31)20-8-4-3-5-9-20/h6-7,10,13,16,20-21H,3-5,8-9,11-12,14-15,17H2,1-2H3,(H,27,30). The summed E-state index contributed by atoms with van der Waals surface area (Å²) < 4.78 is 2.14. The molecule has 4 rings (SSSR count). The molecule has 2 aromatic heterocycles. The van der Waals surface area contributed by atoms with Crippen molar-refractivity contribution in [3.05, 3.63) is 53.1 Å². The summed E-state index contributed by atoms with van der Waals surface area (Å²) in [4.78, 5) is 32.2. The van der Waals surface area contributed by atoms with Crippen LogP contribution in [0.1, 0.15) is 72.4 Å². The lowest BCUT2D eigenvalue weighted by Gasteiger charge is -2.35. The van der Waals surface area contributed by atoms with Crippen LogP contribution in [0, 0.1) is 19.8 Å². The monoisotopic (exact) mass is 422 g/mol. The van der Waals surface area contributed by atoms with E-state index in [0.29, 0.717) is 12.5 Å². The summed E-state index contributed by atoms with van der Waals surface area (Å²) in [5.41, 5.74) is 3.73. The first-order valence-corrected chi connectivity index (χ1v) is 11.7. The summed E-state index contributed by atoms with van der Waals surface area (Å²) in [5, 5.41) is 3.21. The zero-order valence-electron chi connectivity index (χ0n) is 18.8. The molecule has 31 heavy (non-hydrogen) atoms. The molecule has 0 aromatic carbocycles. The van der Waals surface area contributed by atoms with E-state index < -0.39 is 0 Å². The Labute approximate surface area is 185 Å². The molecule has 1 aliphatic heterocycles. The maximum Gasteiger partial charge on any atom is 0.253 e. The van der Waals surface area contributed by atoms with Gasteiger partial charge in [-0.05, 0) is 57.7 Å². The lowest BCUT2D eigenvalue weighted by molar-refractivity contribution is -0.137. The van der Waals surface area contributed by atoms with E-state index in [1.54, 1.807) is 6.20 Å². The quantitative estimate of drug-likeness (QED) is 0.796. The molecule has 2 fully saturated rings. The number of carbonyl (C=O) groups excluding carboxylic acids is 2. The first kappa shape index (κ1) is 21.6. The van der Waals surface area contributed by atoms with Gasteiger partial charge in [0.15, 0.2) is 0 Å². The number of pyridine rings is 1. The Kier molecular flexibility index (Phi) is 6.73. The Hall–Kier alpha value is -2.63. The number of aryl methyl sites for hydroxylation is 1. The van der Waals surface area contributed by atoms with Crippen LogP contribution in [0.3, 0.4) is 0 Å². The van der Waals surface area contributed by atoms with E-state index in [0.717, 1.165) is 61.4 Å². The van der Waals surface area contributed by atoms with Gasteiger partial charge >= 0.3 is 0 Å². The zero-order valence-corrected chi connectivity index (χ0v) is 18.8. The van der Waals surface area contributed by atoms with Crippen LogP contribution in [0.4, 0.5) is 0 Å². The van der Waals surface area contributed by atoms with Crippen LogP contribution in [-0.4, -0.2) is 45.4 Å². The minimum absolute atomic E-state index is 0.0163. The van der Waals surface area contributed by atoms with Crippen LogP contribution in [-0.2, 0) is 11.3 Å². The van der Waals surface area contributed by atoms with Gasteiger partial charge in [0, 0.05) is 42.6 Å². The van der Waals surface area contributed by atoms with Crippen LogP contribution < -0.4 is 5.32 Å². The summed E-state index contributed by atoms with van der Waals surface area (Å²) in [7, 11) is 0. The van der Waals surface area contributed by atoms with Crippen molar-refractivity contribution in [1.82, 2.24) is 19.8 Å². The topological polar surface area (TPSA) is 67.2 Å². The van der Waals surface area contributed by atoms with Crippen molar-refractivity contribution < 1.29 is 9.59 Å². The Morgan fingerprint density at radius 1 is 1.06 bits per heavy atom. The predicted molar refractivity (Wildman–Crippen MR) is 121 cm³/mol. The van der Waals surface area contributed by atoms with E-state index >= 15 is 0 Å². The third-order valence-corrected chi connectivity index (χ3v) is 6.96. The van der Waals surface area contributed by atoms with Crippen molar-refractivity contribution in [3.8, 4) is 0 Å². The highest BCUT2D eigenvalue weighted by Crippen LogP contribution is 2.27. The number of aromatic nitrogens is 2. The number of likely N-dealkylation sites (tertiary alicyclic amines) is 1. The van der Waals surface area contributed by atoms with Gasteiger partial charge in [-0.2, -0.15) is 0 Å². The average molecular weight is 423 g/mol. The molecule has 2 amide bonds. The zero-order chi connectivity index (χ0) is 21.8. The van der Waals surface area contributed by atoms with Crippen LogP contribution in [0.5, 0.6) is 0 Å². The third kappa shape index (κ3) is 5.00. The highest BCUT2D eigenvalue weighted by molar-refractivity contribution is 5.96. The van der Waals surface area contributed by atoms with Gasteiger partial charge in [0.05, 0.1) is 17.8 Å². The molecule has 2 aromatic rings. The second-order valence-electron chi connectivity index (χ2n) is 9.10. The maximum atomic E-state index is 13.0. The van der Waals surface area contributed by atoms with Crippen molar-refractivity contribution >= 4 is 11.8 Å². The number of rotatable bonds is 5. The largest absolute Gasteiger partial charge is 0.349 e. The smallest absolute Gasteiger partial charge is 0.253 e. The molecule has 166 valence electrons. The Morgan fingerprint density at radius 2 is 1.81 bits per heavy atom. The van der Waals surface area contributed by atoms with E-state index in [2.05, 4.69) is 14.9 Å². The molecule has 6 nitrogen and oxygen atoms in total. The summed E-state index contributed by atoms with van der Waals surface area (Å²) in [6.45, 7) is 6.18. The Morgan fingerprint density at radius 3 is 2.48 bits per heavy atom. The van der Waals surface area contributed by atoms with Gasteiger partial charge in [0.1, 0.15) is 0 Å². The molecule has 3 heterocycles. The van der Waals surface area contributed by atoms with E-state index in [9.17, 15) is 9.59 Å². The lowest BCUT2D eigenvalue weighted by Crippen LogP contribution is -2.48. The summed E-state index contributed by atoms with van der Waals surface area (Å²) in [6.07, 6.45) is 9.17. The van der Waals surface area contributed by atoms with Gasteiger partial charge < -0.3 is 14.8 Å². The highest BCUT2D eigenvalue weighted by atomic mass is 16.2. The summed E-state index contributed by atoms with van der Waals surface area (Å²) in [6, 6.07) is 7.99. The number of carbonyl (C=O) groups is 2. The van der Waals surface area contributed by atoms with Gasteiger partial charge in [-0.25, -0.2) is 0 Å². The van der Waals surface area contributed by atoms with Crippen LogP contribution >= 0.6 is 0 Å². The molecule has 1 aliphatic carbocycles. The van der Waals surface area contributed by atoms with Crippen LogP contribution in [0.2, 0.25) is 0 Å². The van der Waals surface area contributed by atoms with E-state index in [-0.39, 0.29) is 17.9 Å². The van der Waals surface area contributed by atoms with Gasteiger partial charge in [0.25, 0.3) is 5.91 Å². The number of piperidine rings is 1. The van der Waals surface area contributed by atoms with Gasteiger partial charge in [-0.15, -0.1) is 0 Å². The number of hydrogen-bond acceptors (Lipinski definition) is 3. The fourth-order valence-electron chi connectivity index (χ4n) is 5.04. The Balaban J connectivity index is 1.33. The van der Waals surface area contributed by atoms with Crippen molar-refractivity contribution in [3.63, 3.8) is 0 Å². The van der Waals surface area contributed by atoms with Gasteiger partial charge in [-0.1, -0.05) is 25.3 Å². The number of hydrogen-bond donors (Lipinski definition) is 1. The second kappa shape index (κ2) is 9.67. The van der Waals surface area contributed by atoms with Gasteiger partial charge in [0.2, 0.25) is 5.91 Å². The van der Waals surface area contributed by atoms with E-state index in [1.807, 2.05) is 43.0 Å². The van der Waals surface area contributed by atoms with Gasteiger partial charge in [-0.3, -0.25) is 14.6 Å². The molecular formula is C25H34N4O2. The number of nitrogens with one attached hydrogen (secondary N) is 1. The third-order valence-electron chi connectivity index (χ3n) is 6.96. The number of amides is 2. The first-order valence-electron chi connectivity index (χ1n) is 11.7. The molecule has 1 saturated heterocycles. The molecular weight excluding hydrogens is 388 g/mol. The van der Waals surface area contributed by atoms with E-state index in [1.165, 1.54) is 19.3 Å². The predicted octanol–water partition coefficient (Wildman–Crippen LogP) is 3.85. The van der Waals surface area contributed by atoms with Crippen molar-refractivity contribution in [2.45, 2.75) is 71.4 Å². The average Bonchev–Trinajstić information content (AvgIpc) is 3.09. The first-order chi connectivity index (χ1) is 15.0. The Bertz CT molecular complexity index is 907. The van der Waals surface area contributed by atoms with E-state index in [4.69, 9.17) is 0 Å². The SMILES string of the molecule is Cc1cc(C(=O)NC2CCN(C(=O)C3CCCCC3)CC2)c(C)n1Cc1ccccn1. The molecule has 0 radical (unpaired) electrons. The molecule has 0 unspecified atom stereocenters. The van der Waals surface area contributed by atoms with Crippen molar-refractivity contribution in [2.24, 2.45) is 5.92 Å². The normalized spacial score (nSPS) is 18.2. The molecule has 0 atom stereocenters. The second-order valence-corrected chi connectivity index (χ2v) is 9.10. The number of nitrogens with zero attached hydrogens (tertiary/aromatic N) is 3.